The van der Waals surface area contributed by atoms with Crippen molar-refractivity contribution in [3.63, 3.8) is 0 Å². The standard InChI is InChI=1S/C20H21ClN2O4/c1-12-5-7-16(9-13(12)2)22-19(25)11-23(14(3)24)18-10-15(20(26)27-4)6-8-17(18)21/h5-10H,11H2,1-4H3,(H,22,25). The molecule has 27 heavy (non-hydrogen) atoms. The minimum absolute atomic E-state index is 0.234. The fourth-order valence-corrected chi connectivity index (χ4v) is 2.71. The van der Waals surface area contributed by atoms with Gasteiger partial charge in [-0.05, 0) is 55.3 Å². The normalized spacial score (nSPS) is 10.3. The third-order valence-electron chi connectivity index (χ3n) is 4.13. The summed E-state index contributed by atoms with van der Waals surface area (Å²) >= 11 is 6.19. The minimum atomic E-state index is -0.559. The Balaban J connectivity index is 2.25. The van der Waals surface area contributed by atoms with Gasteiger partial charge in [0.05, 0.1) is 23.4 Å². The number of ether oxygens (including phenoxy) is 1. The van der Waals surface area contributed by atoms with Gasteiger partial charge in [-0.1, -0.05) is 17.7 Å². The molecule has 0 saturated heterocycles. The number of methoxy groups -OCH3 is 1. The van der Waals surface area contributed by atoms with Crippen LogP contribution in [0.4, 0.5) is 11.4 Å². The van der Waals surface area contributed by atoms with Crippen LogP contribution < -0.4 is 10.2 Å². The molecule has 1 N–H and O–H groups in total. The highest BCUT2D eigenvalue weighted by Gasteiger charge is 2.20. The Morgan fingerprint density at radius 1 is 1.07 bits per heavy atom. The number of anilines is 2. The third kappa shape index (κ3) is 5.08. The van der Waals surface area contributed by atoms with E-state index in [1.165, 1.54) is 37.1 Å². The molecule has 0 radical (unpaired) electrons. The van der Waals surface area contributed by atoms with Crippen LogP contribution in [0.1, 0.15) is 28.4 Å². The van der Waals surface area contributed by atoms with Crippen molar-refractivity contribution in [3.8, 4) is 0 Å². The van der Waals surface area contributed by atoms with E-state index in [0.717, 1.165) is 11.1 Å². The SMILES string of the molecule is COC(=O)c1ccc(Cl)c(N(CC(=O)Nc2ccc(C)c(C)c2)C(C)=O)c1. The van der Waals surface area contributed by atoms with Crippen molar-refractivity contribution in [1.29, 1.82) is 0 Å². The summed E-state index contributed by atoms with van der Waals surface area (Å²) in [4.78, 5) is 37.5. The quantitative estimate of drug-likeness (QED) is 0.792. The van der Waals surface area contributed by atoms with Crippen LogP contribution in [0.25, 0.3) is 0 Å². The number of halogens is 1. The minimum Gasteiger partial charge on any atom is -0.465 e. The van der Waals surface area contributed by atoms with Gasteiger partial charge >= 0.3 is 5.97 Å². The molecule has 142 valence electrons. The zero-order valence-electron chi connectivity index (χ0n) is 15.6. The average molecular weight is 389 g/mol. The number of esters is 1. The molecule has 0 heterocycles. The zero-order valence-corrected chi connectivity index (χ0v) is 16.4. The average Bonchev–Trinajstić information content (AvgIpc) is 2.62. The summed E-state index contributed by atoms with van der Waals surface area (Å²) in [5.41, 5.74) is 3.30. The number of hydrogen-bond acceptors (Lipinski definition) is 4. The Hall–Kier alpha value is -2.86. The molecule has 0 fully saturated rings. The molecule has 2 amide bonds. The summed E-state index contributed by atoms with van der Waals surface area (Å²) in [6, 6.07) is 9.97. The molecule has 0 aromatic heterocycles. The fraction of sp³-hybridized carbons (Fsp3) is 0.250. The summed E-state index contributed by atoms with van der Waals surface area (Å²) in [6.07, 6.45) is 0. The van der Waals surface area contributed by atoms with Crippen molar-refractivity contribution in [3.05, 3.63) is 58.1 Å². The Morgan fingerprint density at radius 3 is 2.37 bits per heavy atom. The predicted molar refractivity (Wildman–Crippen MR) is 105 cm³/mol. The van der Waals surface area contributed by atoms with Crippen molar-refractivity contribution in [2.24, 2.45) is 0 Å². The Labute approximate surface area is 163 Å². The molecular weight excluding hydrogens is 368 g/mol. The first kappa shape index (κ1) is 20.5. The smallest absolute Gasteiger partial charge is 0.337 e. The van der Waals surface area contributed by atoms with Crippen molar-refractivity contribution < 1.29 is 19.1 Å². The molecule has 0 spiro atoms. The number of benzene rings is 2. The second-order valence-electron chi connectivity index (χ2n) is 6.11. The van der Waals surface area contributed by atoms with E-state index >= 15 is 0 Å². The summed E-state index contributed by atoms with van der Waals surface area (Å²) in [5, 5.41) is 3.01. The number of rotatable bonds is 5. The van der Waals surface area contributed by atoms with E-state index in [-0.39, 0.29) is 34.6 Å². The third-order valence-corrected chi connectivity index (χ3v) is 4.45. The lowest BCUT2D eigenvalue weighted by atomic mass is 10.1. The van der Waals surface area contributed by atoms with Crippen LogP contribution >= 0.6 is 11.6 Å². The number of carbonyl (C=O) groups excluding carboxylic acids is 3. The molecule has 0 aliphatic rings. The molecule has 0 aliphatic carbocycles. The maximum atomic E-state index is 12.4. The molecule has 0 atom stereocenters. The molecule has 0 bridgehead atoms. The largest absolute Gasteiger partial charge is 0.465 e. The fourth-order valence-electron chi connectivity index (χ4n) is 2.49. The van der Waals surface area contributed by atoms with Crippen LogP contribution in [-0.2, 0) is 14.3 Å². The maximum Gasteiger partial charge on any atom is 0.337 e. The number of aryl methyl sites for hydroxylation is 2. The summed E-state index contributed by atoms with van der Waals surface area (Å²) in [5.74, 6) is -1.32. The zero-order chi connectivity index (χ0) is 20.1. The van der Waals surface area contributed by atoms with E-state index in [1.807, 2.05) is 26.0 Å². The highest BCUT2D eigenvalue weighted by molar-refractivity contribution is 6.34. The monoisotopic (exact) mass is 388 g/mol. The first-order valence-corrected chi connectivity index (χ1v) is 8.63. The van der Waals surface area contributed by atoms with E-state index in [9.17, 15) is 14.4 Å². The van der Waals surface area contributed by atoms with E-state index in [1.54, 1.807) is 6.07 Å². The van der Waals surface area contributed by atoms with Gasteiger partial charge in [0.25, 0.3) is 0 Å². The molecular formula is C20H21ClN2O4. The van der Waals surface area contributed by atoms with Crippen LogP contribution in [-0.4, -0.2) is 31.4 Å². The lowest BCUT2D eigenvalue weighted by Gasteiger charge is -2.22. The van der Waals surface area contributed by atoms with Crippen molar-refractivity contribution in [2.75, 3.05) is 23.9 Å². The van der Waals surface area contributed by atoms with Gasteiger partial charge in [0.15, 0.2) is 0 Å². The molecule has 2 aromatic carbocycles. The lowest BCUT2D eigenvalue weighted by molar-refractivity contribution is -0.120. The number of hydrogen-bond donors (Lipinski definition) is 1. The highest BCUT2D eigenvalue weighted by atomic mass is 35.5. The second-order valence-corrected chi connectivity index (χ2v) is 6.52. The lowest BCUT2D eigenvalue weighted by Crippen LogP contribution is -2.37. The van der Waals surface area contributed by atoms with Crippen LogP contribution in [0.5, 0.6) is 0 Å². The summed E-state index contributed by atoms with van der Waals surface area (Å²) in [7, 11) is 1.26. The summed E-state index contributed by atoms with van der Waals surface area (Å²) < 4.78 is 4.69. The predicted octanol–water partition coefficient (Wildman–Crippen LogP) is 3.74. The van der Waals surface area contributed by atoms with Crippen molar-refractivity contribution >= 4 is 40.8 Å². The van der Waals surface area contributed by atoms with Gasteiger partial charge < -0.3 is 15.0 Å². The van der Waals surface area contributed by atoms with Crippen LogP contribution in [0.15, 0.2) is 36.4 Å². The Morgan fingerprint density at radius 2 is 1.78 bits per heavy atom. The summed E-state index contributed by atoms with van der Waals surface area (Å²) in [6.45, 7) is 5.01. The van der Waals surface area contributed by atoms with Crippen molar-refractivity contribution in [2.45, 2.75) is 20.8 Å². The van der Waals surface area contributed by atoms with Crippen molar-refractivity contribution in [1.82, 2.24) is 0 Å². The first-order valence-electron chi connectivity index (χ1n) is 8.26. The van der Waals surface area contributed by atoms with Crippen LogP contribution in [0.3, 0.4) is 0 Å². The molecule has 2 rings (SSSR count). The van der Waals surface area contributed by atoms with Gasteiger partial charge in [0.1, 0.15) is 6.54 Å². The molecule has 7 heteroatoms. The Kier molecular flexibility index (Phi) is 6.58. The van der Waals surface area contributed by atoms with Crippen LogP contribution in [0.2, 0.25) is 5.02 Å². The molecule has 2 aromatic rings. The second kappa shape index (κ2) is 8.68. The topological polar surface area (TPSA) is 75.7 Å². The highest BCUT2D eigenvalue weighted by Crippen LogP contribution is 2.28. The van der Waals surface area contributed by atoms with E-state index in [0.29, 0.717) is 5.69 Å². The maximum absolute atomic E-state index is 12.4. The van der Waals surface area contributed by atoms with E-state index in [2.05, 4.69) is 10.1 Å². The van der Waals surface area contributed by atoms with Gasteiger partial charge in [-0.15, -0.1) is 0 Å². The first-order chi connectivity index (χ1) is 12.7. The Bertz CT molecular complexity index is 896. The van der Waals surface area contributed by atoms with Gasteiger partial charge in [0.2, 0.25) is 11.8 Å². The number of carbonyl (C=O) groups is 3. The molecule has 0 saturated carbocycles. The molecule has 0 unspecified atom stereocenters. The van der Waals surface area contributed by atoms with Gasteiger partial charge in [-0.3, -0.25) is 9.59 Å². The van der Waals surface area contributed by atoms with Gasteiger partial charge in [0, 0.05) is 12.6 Å². The number of amides is 2. The van der Waals surface area contributed by atoms with Gasteiger partial charge in [-0.2, -0.15) is 0 Å². The number of nitrogens with zero attached hydrogens (tertiary/aromatic N) is 1. The van der Waals surface area contributed by atoms with Crippen LogP contribution in [0, 0.1) is 13.8 Å². The number of nitrogens with one attached hydrogen (secondary N) is 1. The van der Waals surface area contributed by atoms with E-state index in [4.69, 9.17) is 11.6 Å². The molecule has 6 nitrogen and oxygen atoms in total. The van der Waals surface area contributed by atoms with Gasteiger partial charge in [-0.25, -0.2) is 4.79 Å². The molecule has 0 aliphatic heterocycles. The van der Waals surface area contributed by atoms with E-state index < -0.39 is 5.97 Å².